The topological polar surface area (TPSA) is 32.3 Å². The van der Waals surface area contributed by atoms with Crippen LogP contribution in [0, 0.1) is 12.7 Å². The molecule has 0 aliphatic rings. The van der Waals surface area contributed by atoms with Gasteiger partial charge in [-0.05, 0) is 36.2 Å². The lowest BCUT2D eigenvalue weighted by atomic mass is 10.1. The van der Waals surface area contributed by atoms with Crippen LogP contribution >= 0.6 is 0 Å². The smallest absolute Gasteiger partial charge is 0.127 e. The Bertz CT molecular complexity index is 505. The number of anilines is 1. The molecule has 2 nitrogen and oxygen atoms in total. The number of rotatable bonds is 3. The molecule has 0 spiro atoms. The van der Waals surface area contributed by atoms with Crippen molar-refractivity contribution in [2.45, 2.75) is 13.5 Å². The SMILES string of the molecule is Cc1ccccc1NCc1cc(O)cc(F)c1. The Labute approximate surface area is 99.7 Å². The van der Waals surface area contributed by atoms with Gasteiger partial charge in [0.2, 0.25) is 0 Å². The summed E-state index contributed by atoms with van der Waals surface area (Å²) in [6.45, 7) is 2.49. The molecule has 0 fully saturated rings. The average molecular weight is 231 g/mol. The van der Waals surface area contributed by atoms with Crippen molar-refractivity contribution in [1.82, 2.24) is 0 Å². The van der Waals surface area contributed by atoms with E-state index < -0.39 is 5.82 Å². The van der Waals surface area contributed by atoms with Crippen LogP contribution in [0.15, 0.2) is 42.5 Å². The molecule has 3 heteroatoms. The van der Waals surface area contributed by atoms with E-state index in [9.17, 15) is 9.50 Å². The van der Waals surface area contributed by atoms with Crippen molar-refractivity contribution in [3.63, 3.8) is 0 Å². The molecular formula is C14H14FNO. The van der Waals surface area contributed by atoms with Crippen LogP contribution in [-0.2, 0) is 6.54 Å². The molecule has 0 amide bonds. The number of nitrogens with one attached hydrogen (secondary N) is 1. The third kappa shape index (κ3) is 2.97. The fourth-order valence-corrected chi connectivity index (χ4v) is 1.70. The van der Waals surface area contributed by atoms with Gasteiger partial charge in [0.05, 0.1) is 0 Å². The summed E-state index contributed by atoms with van der Waals surface area (Å²) in [6.07, 6.45) is 0. The molecule has 2 aromatic carbocycles. The van der Waals surface area contributed by atoms with Gasteiger partial charge >= 0.3 is 0 Å². The normalized spacial score (nSPS) is 10.2. The zero-order chi connectivity index (χ0) is 12.3. The van der Waals surface area contributed by atoms with Crippen LogP contribution in [0.1, 0.15) is 11.1 Å². The van der Waals surface area contributed by atoms with Gasteiger partial charge in [-0.25, -0.2) is 4.39 Å². The highest BCUT2D eigenvalue weighted by Crippen LogP contribution is 2.18. The molecule has 0 aromatic heterocycles. The highest BCUT2D eigenvalue weighted by atomic mass is 19.1. The third-order valence-electron chi connectivity index (χ3n) is 2.57. The van der Waals surface area contributed by atoms with Crippen molar-refractivity contribution in [2.75, 3.05) is 5.32 Å². The van der Waals surface area contributed by atoms with Crippen molar-refractivity contribution in [3.05, 3.63) is 59.4 Å². The fourth-order valence-electron chi connectivity index (χ4n) is 1.70. The van der Waals surface area contributed by atoms with Crippen LogP contribution in [0.3, 0.4) is 0 Å². The quantitative estimate of drug-likeness (QED) is 0.848. The van der Waals surface area contributed by atoms with E-state index >= 15 is 0 Å². The summed E-state index contributed by atoms with van der Waals surface area (Å²) in [7, 11) is 0. The van der Waals surface area contributed by atoms with Gasteiger partial charge in [0.1, 0.15) is 11.6 Å². The minimum Gasteiger partial charge on any atom is -0.508 e. The van der Waals surface area contributed by atoms with Crippen molar-refractivity contribution < 1.29 is 9.50 Å². The minimum absolute atomic E-state index is 0.0495. The van der Waals surface area contributed by atoms with Gasteiger partial charge in [-0.15, -0.1) is 0 Å². The van der Waals surface area contributed by atoms with Crippen LogP contribution < -0.4 is 5.32 Å². The van der Waals surface area contributed by atoms with Crippen molar-refractivity contribution in [3.8, 4) is 5.75 Å². The number of hydrogen-bond acceptors (Lipinski definition) is 2. The molecule has 0 bridgehead atoms. The highest BCUT2D eigenvalue weighted by Gasteiger charge is 2.01. The standard InChI is InChI=1S/C14H14FNO/c1-10-4-2-3-5-14(10)16-9-11-6-12(15)8-13(17)7-11/h2-8,16-17H,9H2,1H3. The first-order valence-corrected chi connectivity index (χ1v) is 5.43. The van der Waals surface area contributed by atoms with Crippen molar-refractivity contribution in [1.29, 1.82) is 0 Å². The highest BCUT2D eigenvalue weighted by molar-refractivity contribution is 5.50. The molecule has 0 atom stereocenters. The summed E-state index contributed by atoms with van der Waals surface area (Å²) in [5, 5.41) is 12.5. The molecule has 0 heterocycles. The van der Waals surface area contributed by atoms with Crippen LogP contribution in [0.25, 0.3) is 0 Å². The molecule has 0 saturated carbocycles. The van der Waals surface area contributed by atoms with Gasteiger partial charge in [-0.2, -0.15) is 0 Å². The van der Waals surface area contributed by atoms with E-state index in [1.807, 2.05) is 31.2 Å². The molecule has 17 heavy (non-hydrogen) atoms. The number of para-hydroxylation sites is 1. The minimum atomic E-state index is -0.424. The van der Waals surface area contributed by atoms with Crippen LogP contribution in [-0.4, -0.2) is 5.11 Å². The first kappa shape index (κ1) is 11.5. The molecule has 0 aliphatic carbocycles. The molecule has 0 aliphatic heterocycles. The second-order valence-corrected chi connectivity index (χ2v) is 3.99. The van der Waals surface area contributed by atoms with E-state index in [4.69, 9.17) is 0 Å². The lowest BCUT2D eigenvalue weighted by Crippen LogP contribution is -2.01. The number of halogens is 1. The number of benzene rings is 2. The maximum absolute atomic E-state index is 13.0. The maximum Gasteiger partial charge on any atom is 0.127 e. The van der Waals surface area contributed by atoms with E-state index in [-0.39, 0.29) is 5.75 Å². The second kappa shape index (κ2) is 4.87. The van der Waals surface area contributed by atoms with Crippen LogP contribution in [0.4, 0.5) is 10.1 Å². The molecule has 88 valence electrons. The number of phenols is 1. The van der Waals surface area contributed by atoms with E-state index in [0.717, 1.165) is 17.3 Å². The summed E-state index contributed by atoms with van der Waals surface area (Å²) in [4.78, 5) is 0. The summed E-state index contributed by atoms with van der Waals surface area (Å²) < 4.78 is 13.0. The zero-order valence-corrected chi connectivity index (χ0v) is 9.57. The first-order valence-electron chi connectivity index (χ1n) is 5.43. The van der Waals surface area contributed by atoms with E-state index in [2.05, 4.69) is 5.32 Å². The lowest BCUT2D eigenvalue weighted by Gasteiger charge is -2.09. The molecule has 0 radical (unpaired) electrons. The molecule has 0 saturated heterocycles. The maximum atomic E-state index is 13.0. The summed E-state index contributed by atoms with van der Waals surface area (Å²) in [5.74, 6) is -0.474. The Kier molecular flexibility index (Phi) is 3.28. The average Bonchev–Trinajstić information content (AvgIpc) is 2.27. The number of aromatic hydroxyl groups is 1. The van der Waals surface area contributed by atoms with Gasteiger partial charge in [0, 0.05) is 18.3 Å². The van der Waals surface area contributed by atoms with Gasteiger partial charge in [-0.1, -0.05) is 18.2 Å². The third-order valence-corrected chi connectivity index (χ3v) is 2.57. The van der Waals surface area contributed by atoms with Gasteiger partial charge < -0.3 is 10.4 Å². The van der Waals surface area contributed by atoms with Crippen LogP contribution in [0.2, 0.25) is 0 Å². The largest absolute Gasteiger partial charge is 0.508 e. The Morgan fingerprint density at radius 3 is 2.65 bits per heavy atom. The molecule has 0 unspecified atom stereocenters. The van der Waals surface area contributed by atoms with Crippen LogP contribution in [0.5, 0.6) is 5.75 Å². The molecule has 2 aromatic rings. The second-order valence-electron chi connectivity index (χ2n) is 3.99. The predicted molar refractivity (Wildman–Crippen MR) is 66.6 cm³/mol. The molecular weight excluding hydrogens is 217 g/mol. The number of hydrogen-bond donors (Lipinski definition) is 2. The zero-order valence-electron chi connectivity index (χ0n) is 9.57. The Morgan fingerprint density at radius 2 is 1.94 bits per heavy atom. The van der Waals surface area contributed by atoms with Gasteiger partial charge in [0.15, 0.2) is 0 Å². The number of aryl methyl sites for hydroxylation is 1. The van der Waals surface area contributed by atoms with E-state index in [0.29, 0.717) is 12.1 Å². The molecule has 2 rings (SSSR count). The Balaban J connectivity index is 2.10. The first-order chi connectivity index (χ1) is 8.15. The molecule has 2 N–H and O–H groups in total. The Hall–Kier alpha value is -2.03. The summed E-state index contributed by atoms with van der Waals surface area (Å²) in [6, 6.07) is 11.9. The fraction of sp³-hybridized carbons (Fsp3) is 0.143. The summed E-state index contributed by atoms with van der Waals surface area (Å²) in [5.41, 5.74) is 2.86. The van der Waals surface area contributed by atoms with E-state index in [1.54, 1.807) is 6.07 Å². The van der Waals surface area contributed by atoms with Crippen molar-refractivity contribution in [2.24, 2.45) is 0 Å². The Morgan fingerprint density at radius 1 is 1.18 bits per heavy atom. The number of phenolic OH excluding ortho intramolecular Hbond substituents is 1. The monoisotopic (exact) mass is 231 g/mol. The van der Waals surface area contributed by atoms with Gasteiger partial charge in [0.25, 0.3) is 0 Å². The predicted octanol–water partition coefficient (Wildman–Crippen LogP) is 3.45. The summed E-state index contributed by atoms with van der Waals surface area (Å²) >= 11 is 0. The van der Waals surface area contributed by atoms with Gasteiger partial charge in [-0.3, -0.25) is 0 Å². The van der Waals surface area contributed by atoms with Crippen molar-refractivity contribution >= 4 is 5.69 Å². The van der Waals surface area contributed by atoms with E-state index in [1.165, 1.54) is 6.07 Å². The lowest BCUT2D eigenvalue weighted by molar-refractivity contribution is 0.468.